The molecule has 0 aliphatic carbocycles. The maximum absolute atomic E-state index is 11.9. The van der Waals surface area contributed by atoms with Crippen LogP contribution in [0.4, 0.5) is 17.2 Å². The van der Waals surface area contributed by atoms with Crippen molar-refractivity contribution in [3.63, 3.8) is 0 Å². The maximum Gasteiger partial charge on any atom is 0.229 e. The van der Waals surface area contributed by atoms with Gasteiger partial charge in [-0.15, -0.1) is 0 Å². The van der Waals surface area contributed by atoms with Crippen molar-refractivity contribution in [3.8, 4) is 5.88 Å². The largest absolute Gasteiger partial charge is 0.478 e. The molecule has 2 heterocycles. The van der Waals surface area contributed by atoms with Crippen molar-refractivity contribution in [2.45, 2.75) is 13.8 Å². The molecular formula is C14H16N4O2. The van der Waals surface area contributed by atoms with Gasteiger partial charge in [0.05, 0.1) is 12.3 Å². The molecule has 0 radical (unpaired) electrons. The first kappa shape index (κ1) is 13.8. The van der Waals surface area contributed by atoms with Crippen LogP contribution in [0.25, 0.3) is 0 Å². The minimum Gasteiger partial charge on any atom is -0.478 e. The molecule has 0 saturated carbocycles. The van der Waals surface area contributed by atoms with Gasteiger partial charge in [-0.25, -0.2) is 9.97 Å². The molecular weight excluding hydrogens is 256 g/mol. The van der Waals surface area contributed by atoms with E-state index in [0.29, 0.717) is 29.7 Å². The van der Waals surface area contributed by atoms with Gasteiger partial charge >= 0.3 is 0 Å². The van der Waals surface area contributed by atoms with E-state index in [1.807, 2.05) is 6.92 Å². The highest BCUT2D eigenvalue weighted by molar-refractivity contribution is 5.98. The topological polar surface area (TPSA) is 81.3 Å². The normalized spacial score (nSPS) is 10.1. The Labute approximate surface area is 117 Å². The fourth-order valence-corrected chi connectivity index (χ4v) is 1.80. The summed E-state index contributed by atoms with van der Waals surface area (Å²) in [5, 5.41) is 0. The second kappa shape index (κ2) is 6.01. The quantitative estimate of drug-likeness (QED) is 0.922. The summed E-state index contributed by atoms with van der Waals surface area (Å²) in [6.45, 7) is 3.84. The third-order valence-corrected chi connectivity index (χ3v) is 2.58. The number of nitrogens with two attached hydrogens (primary N) is 1. The van der Waals surface area contributed by atoms with Crippen molar-refractivity contribution < 1.29 is 9.53 Å². The Kier molecular flexibility index (Phi) is 4.14. The Bertz CT molecular complexity index is 616. The molecule has 2 aromatic rings. The summed E-state index contributed by atoms with van der Waals surface area (Å²) < 4.78 is 5.34. The Morgan fingerprint density at radius 3 is 2.70 bits per heavy atom. The first-order chi connectivity index (χ1) is 9.61. The van der Waals surface area contributed by atoms with Crippen LogP contribution >= 0.6 is 0 Å². The van der Waals surface area contributed by atoms with E-state index < -0.39 is 0 Å². The summed E-state index contributed by atoms with van der Waals surface area (Å²) in [5.74, 6) is 0.753. The number of ether oxygens (including phenoxy) is 1. The highest BCUT2D eigenvalue weighted by atomic mass is 16.5. The van der Waals surface area contributed by atoms with E-state index in [2.05, 4.69) is 9.97 Å². The van der Waals surface area contributed by atoms with Crippen LogP contribution in [-0.4, -0.2) is 22.5 Å². The third-order valence-electron chi connectivity index (χ3n) is 2.58. The lowest BCUT2D eigenvalue weighted by atomic mass is 10.3. The summed E-state index contributed by atoms with van der Waals surface area (Å²) in [5.41, 5.74) is 6.91. The van der Waals surface area contributed by atoms with Gasteiger partial charge in [0.1, 0.15) is 5.82 Å². The average molecular weight is 272 g/mol. The van der Waals surface area contributed by atoms with E-state index in [1.54, 1.807) is 36.7 Å². The van der Waals surface area contributed by atoms with Crippen LogP contribution in [0.1, 0.15) is 13.8 Å². The summed E-state index contributed by atoms with van der Waals surface area (Å²) in [6.07, 6.45) is 3.15. The van der Waals surface area contributed by atoms with Gasteiger partial charge in [0.2, 0.25) is 11.8 Å². The van der Waals surface area contributed by atoms with Crippen LogP contribution in [0.15, 0.2) is 36.7 Å². The van der Waals surface area contributed by atoms with Gasteiger partial charge < -0.3 is 10.5 Å². The summed E-state index contributed by atoms with van der Waals surface area (Å²) >= 11 is 0. The zero-order chi connectivity index (χ0) is 14.5. The molecule has 6 nitrogen and oxygen atoms in total. The lowest BCUT2D eigenvalue weighted by molar-refractivity contribution is -0.115. The number of nitrogens with zero attached hydrogens (tertiary/aromatic N) is 3. The van der Waals surface area contributed by atoms with Gasteiger partial charge in [-0.3, -0.25) is 9.69 Å². The van der Waals surface area contributed by atoms with E-state index >= 15 is 0 Å². The van der Waals surface area contributed by atoms with Crippen molar-refractivity contribution >= 4 is 23.1 Å². The summed E-state index contributed by atoms with van der Waals surface area (Å²) in [6, 6.07) is 6.72. The number of pyridine rings is 2. The number of amides is 1. The Morgan fingerprint density at radius 1 is 1.30 bits per heavy atom. The number of rotatable bonds is 4. The highest BCUT2D eigenvalue weighted by Gasteiger charge is 2.16. The number of nitrogen functional groups attached to an aromatic ring is 1. The monoisotopic (exact) mass is 272 g/mol. The second-order valence-electron chi connectivity index (χ2n) is 4.09. The van der Waals surface area contributed by atoms with Gasteiger partial charge in [-0.05, 0) is 19.1 Å². The zero-order valence-corrected chi connectivity index (χ0v) is 11.4. The molecule has 2 rings (SSSR count). The standard InChI is InChI=1S/C14H16N4O2/c1-3-20-14-9-12(5-7-17-14)18(10(2)19)13-8-11(15)4-6-16-13/h4-9H,3H2,1-2H3,(H2,15,16). The minimum atomic E-state index is -0.170. The first-order valence-corrected chi connectivity index (χ1v) is 6.23. The molecule has 0 spiro atoms. The van der Waals surface area contributed by atoms with E-state index in [4.69, 9.17) is 10.5 Å². The van der Waals surface area contributed by atoms with Gasteiger partial charge in [-0.2, -0.15) is 0 Å². The lowest BCUT2D eigenvalue weighted by Crippen LogP contribution is -2.23. The van der Waals surface area contributed by atoms with Crippen LogP contribution < -0.4 is 15.4 Å². The molecule has 0 unspecified atom stereocenters. The molecule has 0 aromatic carbocycles. The SMILES string of the molecule is CCOc1cc(N(C(C)=O)c2cc(N)ccn2)ccn1. The Balaban J connectivity index is 2.43. The third kappa shape index (κ3) is 3.03. The van der Waals surface area contributed by atoms with E-state index in [-0.39, 0.29) is 5.91 Å². The van der Waals surface area contributed by atoms with Crippen molar-refractivity contribution in [1.29, 1.82) is 0 Å². The van der Waals surface area contributed by atoms with Gasteiger partial charge in [-0.1, -0.05) is 0 Å². The Morgan fingerprint density at radius 2 is 2.05 bits per heavy atom. The molecule has 0 fully saturated rings. The number of aromatic nitrogens is 2. The van der Waals surface area contributed by atoms with Crippen LogP contribution in [0, 0.1) is 0 Å². The molecule has 6 heteroatoms. The molecule has 2 N–H and O–H groups in total. The zero-order valence-electron chi connectivity index (χ0n) is 11.4. The minimum absolute atomic E-state index is 0.170. The molecule has 2 aromatic heterocycles. The molecule has 0 bridgehead atoms. The Hall–Kier alpha value is -2.63. The number of hydrogen-bond acceptors (Lipinski definition) is 5. The molecule has 0 aliphatic heterocycles. The van der Waals surface area contributed by atoms with Crippen LogP contribution in [0.3, 0.4) is 0 Å². The number of carbonyl (C=O) groups excluding carboxylic acids is 1. The number of carbonyl (C=O) groups is 1. The average Bonchev–Trinajstić information content (AvgIpc) is 2.39. The van der Waals surface area contributed by atoms with Crippen LogP contribution in [0.2, 0.25) is 0 Å². The van der Waals surface area contributed by atoms with Crippen molar-refractivity contribution in [2.75, 3.05) is 17.2 Å². The van der Waals surface area contributed by atoms with Gasteiger partial charge in [0.25, 0.3) is 0 Å². The summed E-state index contributed by atoms with van der Waals surface area (Å²) in [7, 11) is 0. The lowest BCUT2D eigenvalue weighted by Gasteiger charge is -2.20. The van der Waals surface area contributed by atoms with Crippen LogP contribution in [0.5, 0.6) is 5.88 Å². The number of anilines is 3. The fraction of sp³-hybridized carbons (Fsp3) is 0.214. The van der Waals surface area contributed by atoms with E-state index in [0.717, 1.165) is 0 Å². The molecule has 0 saturated heterocycles. The molecule has 1 amide bonds. The van der Waals surface area contributed by atoms with Crippen molar-refractivity contribution in [2.24, 2.45) is 0 Å². The molecule has 0 atom stereocenters. The molecule has 104 valence electrons. The smallest absolute Gasteiger partial charge is 0.229 e. The van der Waals surface area contributed by atoms with Gasteiger partial charge in [0, 0.05) is 37.1 Å². The molecule has 20 heavy (non-hydrogen) atoms. The van der Waals surface area contributed by atoms with Crippen molar-refractivity contribution in [1.82, 2.24) is 9.97 Å². The highest BCUT2D eigenvalue weighted by Crippen LogP contribution is 2.26. The molecule has 0 aliphatic rings. The predicted octanol–water partition coefficient (Wildman–Crippen LogP) is 2.14. The fourth-order valence-electron chi connectivity index (χ4n) is 1.80. The van der Waals surface area contributed by atoms with Gasteiger partial charge in [0.15, 0.2) is 0 Å². The van der Waals surface area contributed by atoms with Crippen molar-refractivity contribution in [3.05, 3.63) is 36.7 Å². The van der Waals surface area contributed by atoms with E-state index in [9.17, 15) is 4.79 Å². The second-order valence-corrected chi connectivity index (χ2v) is 4.09. The number of hydrogen-bond donors (Lipinski definition) is 1. The van der Waals surface area contributed by atoms with Crippen LogP contribution in [-0.2, 0) is 4.79 Å². The predicted molar refractivity (Wildman–Crippen MR) is 76.9 cm³/mol. The maximum atomic E-state index is 11.9. The van der Waals surface area contributed by atoms with E-state index in [1.165, 1.54) is 11.8 Å². The first-order valence-electron chi connectivity index (χ1n) is 6.23. The summed E-state index contributed by atoms with van der Waals surface area (Å²) in [4.78, 5) is 21.6.